The van der Waals surface area contributed by atoms with Crippen LogP contribution >= 0.6 is 0 Å². The van der Waals surface area contributed by atoms with Gasteiger partial charge in [-0.3, -0.25) is 0 Å². The van der Waals surface area contributed by atoms with E-state index < -0.39 is 6.03 Å². The normalized spacial score (nSPS) is 10.9. The Bertz CT molecular complexity index is 251. The Labute approximate surface area is 88.8 Å². The van der Waals surface area contributed by atoms with Gasteiger partial charge in [0.1, 0.15) is 0 Å². The van der Waals surface area contributed by atoms with E-state index in [4.69, 9.17) is 5.73 Å². The minimum Gasteiger partial charge on any atom is -0.466 e. The van der Waals surface area contributed by atoms with Gasteiger partial charge in [0, 0.05) is 25.2 Å². The van der Waals surface area contributed by atoms with Crippen molar-refractivity contribution in [1.29, 1.82) is 0 Å². The van der Waals surface area contributed by atoms with Crippen molar-refractivity contribution in [3.8, 4) is 0 Å². The van der Waals surface area contributed by atoms with E-state index in [1.165, 1.54) is 7.11 Å². The molecule has 6 heteroatoms. The number of urea groups is 1. The van der Waals surface area contributed by atoms with Crippen LogP contribution in [0.2, 0.25) is 0 Å². The summed E-state index contributed by atoms with van der Waals surface area (Å²) in [5.41, 5.74) is 5.41. The number of hydrogen-bond acceptors (Lipinski definition) is 4. The van der Waals surface area contributed by atoms with Gasteiger partial charge in [0.25, 0.3) is 0 Å². The van der Waals surface area contributed by atoms with Crippen LogP contribution in [0.25, 0.3) is 0 Å². The second kappa shape index (κ2) is 7.81. The van der Waals surface area contributed by atoms with Crippen molar-refractivity contribution in [3.63, 3.8) is 0 Å². The van der Waals surface area contributed by atoms with E-state index in [-0.39, 0.29) is 5.97 Å². The van der Waals surface area contributed by atoms with Crippen LogP contribution in [0.3, 0.4) is 0 Å². The number of methoxy groups -OCH3 is 1. The maximum atomic E-state index is 10.9. The molecule has 0 aliphatic rings. The first-order chi connectivity index (χ1) is 7.07. The lowest BCUT2D eigenvalue weighted by atomic mass is 10.3. The Hall–Kier alpha value is -1.56. The van der Waals surface area contributed by atoms with Gasteiger partial charge in [-0.05, 0) is 6.92 Å². The Morgan fingerprint density at radius 2 is 2.07 bits per heavy atom. The first-order valence-corrected chi connectivity index (χ1v) is 4.57. The van der Waals surface area contributed by atoms with Crippen molar-refractivity contribution in [3.05, 3.63) is 11.6 Å². The smallest absolute Gasteiger partial charge is 0.333 e. The van der Waals surface area contributed by atoms with Crippen LogP contribution in [0.5, 0.6) is 0 Å². The second-order valence-electron chi connectivity index (χ2n) is 2.87. The summed E-state index contributed by atoms with van der Waals surface area (Å²) in [6.45, 7) is 3.27. The lowest BCUT2D eigenvalue weighted by Gasteiger charge is -2.03. The Kier molecular flexibility index (Phi) is 7.00. The van der Waals surface area contributed by atoms with Crippen molar-refractivity contribution in [2.24, 2.45) is 5.73 Å². The highest BCUT2D eigenvalue weighted by Crippen LogP contribution is 1.93. The summed E-state index contributed by atoms with van der Waals surface area (Å²) in [5, 5.41) is 5.43. The highest BCUT2D eigenvalue weighted by molar-refractivity contribution is 5.87. The number of carbonyl (C=O) groups excluding carboxylic acids is 2. The van der Waals surface area contributed by atoms with Gasteiger partial charge in [-0.1, -0.05) is 6.08 Å². The van der Waals surface area contributed by atoms with Gasteiger partial charge in [0.2, 0.25) is 0 Å². The van der Waals surface area contributed by atoms with Crippen molar-refractivity contribution >= 4 is 12.0 Å². The SMILES string of the molecule is COC(=O)C(C)=CCNCCNC(N)=O. The molecule has 0 aliphatic carbocycles. The Balaban J connectivity index is 3.52. The molecular weight excluding hydrogens is 198 g/mol. The zero-order valence-electron chi connectivity index (χ0n) is 9.00. The van der Waals surface area contributed by atoms with Crippen molar-refractivity contribution in [2.75, 3.05) is 26.7 Å². The number of primary amides is 1. The zero-order chi connectivity index (χ0) is 11.7. The first kappa shape index (κ1) is 13.4. The van der Waals surface area contributed by atoms with Crippen LogP contribution in [0, 0.1) is 0 Å². The molecule has 0 saturated carbocycles. The molecule has 0 radical (unpaired) electrons. The number of esters is 1. The molecule has 0 aliphatic heterocycles. The predicted octanol–water partition coefficient (Wildman–Crippen LogP) is -0.636. The van der Waals surface area contributed by atoms with Crippen LogP contribution in [0.15, 0.2) is 11.6 Å². The molecule has 0 aromatic heterocycles. The fourth-order valence-electron chi connectivity index (χ4n) is 0.846. The standard InChI is InChI=1S/C9H17N3O3/c1-7(8(13)15-2)3-4-11-5-6-12-9(10)14/h3,11H,4-6H2,1-2H3,(H3,10,12,14). The first-order valence-electron chi connectivity index (χ1n) is 4.57. The van der Waals surface area contributed by atoms with Crippen LogP contribution in [-0.4, -0.2) is 38.7 Å². The van der Waals surface area contributed by atoms with Crippen LogP contribution in [-0.2, 0) is 9.53 Å². The summed E-state index contributed by atoms with van der Waals surface area (Å²) in [7, 11) is 1.34. The van der Waals surface area contributed by atoms with Crippen molar-refractivity contribution in [2.45, 2.75) is 6.92 Å². The van der Waals surface area contributed by atoms with Crippen LogP contribution < -0.4 is 16.4 Å². The minimum atomic E-state index is -0.543. The summed E-state index contributed by atoms with van der Waals surface area (Å²) >= 11 is 0. The molecule has 2 amide bonds. The molecule has 15 heavy (non-hydrogen) atoms. The van der Waals surface area contributed by atoms with E-state index in [9.17, 15) is 9.59 Å². The molecule has 0 atom stereocenters. The van der Waals surface area contributed by atoms with E-state index in [0.29, 0.717) is 25.2 Å². The van der Waals surface area contributed by atoms with Gasteiger partial charge < -0.3 is 21.1 Å². The van der Waals surface area contributed by atoms with E-state index >= 15 is 0 Å². The number of nitrogens with two attached hydrogens (primary N) is 1. The van der Waals surface area contributed by atoms with Crippen molar-refractivity contribution < 1.29 is 14.3 Å². The third-order valence-corrected chi connectivity index (χ3v) is 1.66. The third-order valence-electron chi connectivity index (χ3n) is 1.66. The van der Waals surface area contributed by atoms with Crippen molar-refractivity contribution in [1.82, 2.24) is 10.6 Å². The van der Waals surface area contributed by atoms with Gasteiger partial charge in [-0.15, -0.1) is 0 Å². The lowest BCUT2D eigenvalue weighted by molar-refractivity contribution is -0.136. The maximum Gasteiger partial charge on any atom is 0.333 e. The molecule has 0 aromatic carbocycles. The zero-order valence-corrected chi connectivity index (χ0v) is 9.00. The average molecular weight is 215 g/mol. The molecule has 86 valence electrons. The molecule has 0 fully saturated rings. The number of rotatable bonds is 6. The largest absolute Gasteiger partial charge is 0.466 e. The predicted molar refractivity (Wildman–Crippen MR) is 56.2 cm³/mol. The average Bonchev–Trinajstić information content (AvgIpc) is 2.21. The van der Waals surface area contributed by atoms with Crippen LogP contribution in [0.1, 0.15) is 6.92 Å². The summed E-state index contributed by atoms with van der Waals surface area (Å²) in [5.74, 6) is -0.341. The number of nitrogens with one attached hydrogen (secondary N) is 2. The van der Waals surface area contributed by atoms with E-state index in [1.54, 1.807) is 13.0 Å². The molecule has 0 heterocycles. The number of carbonyl (C=O) groups is 2. The minimum absolute atomic E-state index is 0.341. The molecule has 0 bridgehead atoms. The second-order valence-corrected chi connectivity index (χ2v) is 2.87. The van der Waals surface area contributed by atoms with Gasteiger partial charge in [-0.2, -0.15) is 0 Å². The fraction of sp³-hybridized carbons (Fsp3) is 0.556. The van der Waals surface area contributed by atoms with E-state index in [1.807, 2.05) is 0 Å². The lowest BCUT2D eigenvalue weighted by Crippen LogP contribution is -2.35. The number of amides is 2. The van der Waals surface area contributed by atoms with Gasteiger partial charge >= 0.3 is 12.0 Å². The summed E-state index contributed by atoms with van der Waals surface area (Å²) < 4.78 is 4.51. The number of hydrogen-bond donors (Lipinski definition) is 3. The Morgan fingerprint density at radius 1 is 1.40 bits per heavy atom. The molecule has 0 saturated heterocycles. The Morgan fingerprint density at radius 3 is 2.60 bits per heavy atom. The quantitative estimate of drug-likeness (QED) is 0.312. The fourth-order valence-corrected chi connectivity index (χ4v) is 0.846. The summed E-state index contributed by atoms with van der Waals surface area (Å²) in [4.78, 5) is 21.2. The van der Waals surface area contributed by atoms with Crippen LogP contribution in [0.4, 0.5) is 4.79 Å². The maximum absolute atomic E-state index is 10.9. The molecule has 0 unspecified atom stereocenters. The monoisotopic (exact) mass is 215 g/mol. The summed E-state index contributed by atoms with van der Waals surface area (Å²) in [6.07, 6.45) is 1.72. The van der Waals surface area contributed by atoms with Gasteiger partial charge in [0.15, 0.2) is 0 Å². The highest BCUT2D eigenvalue weighted by Gasteiger charge is 2.00. The topological polar surface area (TPSA) is 93.4 Å². The molecular formula is C9H17N3O3. The summed E-state index contributed by atoms with van der Waals surface area (Å²) in [6, 6.07) is -0.543. The van der Waals surface area contributed by atoms with E-state index in [0.717, 1.165) is 0 Å². The molecule has 0 rings (SSSR count). The molecule has 6 nitrogen and oxygen atoms in total. The number of ether oxygens (including phenoxy) is 1. The molecule has 0 aromatic rings. The molecule has 4 N–H and O–H groups in total. The van der Waals surface area contributed by atoms with Gasteiger partial charge in [-0.25, -0.2) is 9.59 Å². The van der Waals surface area contributed by atoms with Gasteiger partial charge in [0.05, 0.1) is 7.11 Å². The molecule has 0 spiro atoms. The van der Waals surface area contributed by atoms with E-state index in [2.05, 4.69) is 15.4 Å². The third kappa shape index (κ3) is 7.51. The highest BCUT2D eigenvalue weighted by atomic mass is 16.5.